The second kappa shape index (κ2) is 5.66. The number of aromatic carboxylic acids is 1. The summed E-state index contributed by atoms with van der Waals surface area (Å²) in [7, 11) is 0. The zero-order valence-corrected chi connectivity index (χ0v) is 11.8. The van der Waals surface area contributed by atoms with E-state index in [-0.39, 0.29) is 22.3 Å². The minimum Gasteiger partial charge on any atom is -0.493 e. The monoisotopic (exact) mass is 304 g/mol. The summed E-state index contributed by atoms with van der Waals surface area (Å²) in [6.07, 6.45) is 0. The van der Waals surface area contributed by atoms with Crippen molar-refractivity contribution < 1.29 is 19.4 Å². The predicted molar refractivity (Wildman–Crippen MR) is 78.6 cm³/mol. The Hall–Kier alpha value is -2.20. The molecule has 0 aromatic heterocycles. The van der Waals surface area contributed by atoms with Gasteiger partial charge in [0.1, 0.15) is 17.1 Å². The van der Waals surface area contributed by atoms with Gasteiger partial charge in [0.15, 0.2) is 0 Å². The normalized spacial score (nSPS) is 16.1. The number of halogens is 1. The highest BCUT2D eigenvalue weighted by Gasteiger charge is 2.25. The van der Waals surface area contributed by atoms with Crippen LogP contribution in [0.25, 0.3) is 0 Å². The summed E-state index contributed by atoms with van der Waals surface area (Å²) in [6, 6.07) is 12.6. The minimum atomic E-state index is -1.10. The zero-order chi connectivity index (χ0) is 14.8. The Balaban J connectivity index is 1.78. The van der Waals surface area contributed by atoms with E-state index in [2.05, 4.69) is 0 Å². The number of hydrogen-bond acceptors (Lipinski definition) is 3. The van der Waals surface area contributed by atoms with Crippen molar-refractivity contribution in [3.8, 4) is 11.5 Å². The van der Waals surface area contributed by atoms with Crippen molar-refractivity contribution in [1.29, 1.82) is 0 Å². The maximum atomic E-state index is 11.2. The fourth-order valence-corrected chi connectivity index (χ4v) is 2.64. The number of para-hydroxylation sites is 1. The lowest BCUT2D eigenvalue weighted by atomic mass is 10.0. The summed E-state index contributed by atoms with van der Waals surface area (Å²) >= 11 is 5.92. The molecule has 2 aromatic rings. The SMILES string of the molecule is O=C(O)c1c(Cl)cccc1OCC1COc2ccccc21. The zero-order valence-electron chi connectivity index (χ0n) is 11.1. The molecule has 0 bridgehead atoms. The topological polar surface area (TPSA) is 55.8 Å². The molecule has 4 nitrogen and oxygen atoms in total. The Morgan fingerprint density at radius 2 is 2.10 bits per heavy atom. The quantitative estimate of drug-likeness (QED) is 0.938. The van der Waals surface area contributed by atoms with E-state index in [1.165, 1.54) is 6.07 Å². The Kier molecular flexibility index (Phi) is 3.71. The Morgan fingerprint density at radius 1 is 1.29 bits per heavy atom. The lowest BCUT2D eigenvalue weighted by Gasteiger charge is -2.13. The number of fused-ring (bicyclic) bond motifs is 1. The number of carbonyl (C=O) groups is 1. The molecule has 1 atom stereocenters. The van der Waals surface area contributed by atoms with Gasteiger partial charge in [-0.3, -0.25) is 0 Å². The molecule has 0 amide bonds. The molecule has 0 saturated heterocycles. The number of carboxylic acid groups (broad SMARTS) is 1. The van der Waals surface area contributed by atoms with Crippen molar-refractivity contribution in [2.24, 2.45) is 0 Å². The van der Waals surface area contributed by atoms with Crippen LogP contribution in [0.15, 0.2) is 42.5 Å². The first-order valence-corrected chi connectivity index (χ1v) is 6.91. The average molecular weight is 305 g/mol. The van der Waals surface area contributed by atoms with Crippen LogP contribution in [-0.2, 0) is 0 Å². The smallest absolute Gasteiger partial charge is 0.341 e. The summed E-state index contributed by atoms with van der Waals surface area (Å²) in [5.74, 6) is 0.121. The molecule has 0 radical (unpaired) electrons. The predicted octanol–water partition coefficient (Wildman–Crippen LogP) is 3.59. The highest BCUT2D eigenvalue weighted by atomic mass is 35.5. The first-order valence-electron chi connectivity index (χ1n) is 6.53. The molecular weight excluding hydrogens is 292 g/mol. The molecule has 21 heavy (non-hydrogen) atoms. The summed E-state index contributed by atoms with van der Waals surface area (Å²) in [4.78, 5) is 11.2. The van der Waals surface area contributed by atoms with Crippen molar-refractivity contribution in [1.82, 2.24) is 0 Å². The highest BCUT2D eigenvalue weighted by molar-refractivity contribution is 6.33. The van der Waals surface area contributed by atoms with Gasteiger partial charge in [0.25, 0.3) is 0 Å². The molecule has 3 rings (SSSR count). The second-order valence-corrected chi connectivity index (χ2v) is 5.18. The van der Waals surface area contributed by atoms with Gasteiger partial charge in [0.05, 0.1) is 24.2 Å². The molecule has 108 valence electrons. The molecule has 0 saturated carbocycles. The highest BCUT2D eigenvalue weighted by Crippen LogP contribution is 2.34. The number of hydrogen-bond donors (Lipinski definition) is 1. The molecule has 1 unspecified atom stereocenters. The van der Waals surface area contributed by atoms with Crippen LogP contribution in [0.1, 0.15) is 21.8 Å². The maximum Gasteiger partial charge on any atom is 0.341 e. The third-order valence-corrected chi connectivity index (χ3v) is 3.74. The fourth-order valence-electron chi connectivity index (χ4n) is 2.39. The van der Waals surface area contributed by atoms with Gasteiger partial charge in [0, 0.05) is 5.56 Å². The average Bonchev–Trinajstić information content (AvgIpc) is 2.88. The molecule has 1 heterocycles. The molecule has 2 aromatic carbocycles. The molecular formula is C16H13ClO4. The number of rotatable bonds is 4. The first-order chi connectivity index (χ1) is 10.2. The van der Waals surface area contributed by atoms with Crippen molar-refractivity contribution in [2.45, 2.75) is 5.92 Å². The van der Waals surface area contributed by atoms with E-state index < -0.39 is 5.97 Å². The fraction of sp³-hybridized carbons (Fsp3) is 0.188. The minimum absolute atomic E-state index is 0.00799. The summed E-state index contributed by atoms with van der Waals surface area (Å²) in [6.45, 7) is 0.875. The maximum absolute atomic E-state index is 11.2. The standard InChI is InChI=1S/C16H13ClO4/c17-12-5-3-7-14(15(12)16(18)19)21-9-10-8-20-13-6-2-1-4-11(10)13/h1-7,10H,8-9H2,(H,18,19). The molecule has 0 aliphatic carbocycles. The van der Waals surface area contributed by atoms with Crippen LogP contribution in [0.3, 0.4) is 0 Å². The number of carboxylic acids is 1. The van der Waals surface area contributed by atoms with Crippen molar-refractivity contribution in [3.05, 3.63) is 58.6 Å². The van der Waals surface area contributed by atoms with Gasteiger partial charge in [-0.1, -0.05) is 35.9 Å². The van der Waals surface area contributed by atoms with Gasteiger partial charge in [-0.2, -0.15) is 0 Å². The Bertz CT molecular complexity index is 684. The van der Waals surface area contributed by atoms with E-state index >= 15 is 0 Å². The number of ether oxygens (including phenoxy) is 2. The van der Waals surface area contributed by atoms with Crippen LogP contribution < -0.4 is 9.47 Å². The first kappa shape index (κ1) is 13.8. The second-order valence-electron chi connectivity index (χ2n) is 4.77. The van der Waals surface area contributed by atoms with Crippen LogP contribution in [0, 0.1) is 0 Å². The van der Waals surface area contributed by atoms with Gasteiger partial charge >= 0.3 is 5.97 Å². The Morgan fingerprint density at radius 3 is 2.90 bits per heavy atom. The number of benzene rings is 2. The summed E-state index contributed by atoms with van der Waals surface area (Å²) in [5.41, 5.74) is 1.07. The van der Waals surface area contributed by atoms with Gasteiger partial charge < -0.3 is 14.6 Å². The van der Waals surface area contributed by atoms with Gasteiger partial charge in [-0.15, -0.1) is 0 Å². The third-order valence-electron chi connectivity index (χ3n) is 3.43. The molecule has 1 aliphatic heterocycles. The van der Waals surface area contributed by atoms with Crippen LogP contribution in [0.4, 0.5) is 0 Å². The third kappa shape index (κ3) is 2.67. The van der Waals surface area contributed by atoms with Crippen LogP contribution in [-0.4, -0.2) is 24.3 Å². The van der Waals surface area contributed by atoms with E-state index in [4.69, 9.17) is 21.1 Å². The van der Waals surface area contributed by atoms with Gasteiger partial charge in [0.2, 0.25) is 0 Å². The van der Waals surface area contributed by atoms with E-state index in [9.17, 15) is 9.90 Å². The molecule has 1 aliphatic rings. The molecule has 1 N–H and O–H groups in total. The van der Waals surface area contributed by atoms with E-state index in [1.54, 1.807) is 12.1 Å². The van der Waals surface area contributed by atoms with Crippen molar-refractivity contribution in [2.75, 3.05) is 13.2 Å². The van der Waals surface area contributed by atoms with Crippen molar-refractivity contribution >= 4 is 17.6 Å². The van der Waals surface area contributed by atoms with Gasteiger partial charge in [-0.05, 0) is 18.2 Å². The van der Waals surface area contributed by atoms with Crippen LogP contribution in [0.5, 0.6) is 11.5 Å². The lowest BCUT2D eigenvalue weighted by molar-refractivity contribution is 0.0692. The molecule has 5 heteroatoms. The Labute approximate surface area is 126 Å². The van der Waals surface area contributed by atoms with E-state index in [0.29, 0.717) is 13.2 Å². The van der Waals surface area contributed by atoms with E-state index in [1.807, 2.05) is 24.3 Å². The molecule has 0 spiro atoms. The van der Waals surface area contributed by atoms with Crippen LogP contribution in [0.2, 0.25) is 5.02 Å². The summed E-state index contributed by atoms with van der Waals surface area (Å²) in [5, 5.41) is 9.38. The van der Waals surface area contributed by atoms with E-state index in [0.717, 1.165) is 11.3 Å². The molecule has 0 fully saturated rings. The lowest BCUT2D eigenvalue weighted by Crippen LogP contribution is -2.13. The summed E-state index contributed by atoms with van der Waals surface area (Å²) < 4.78 is 11.3. The van der Waals surface area contributed by atoms with Crippen LogP contribution >= 0.6 is 11.6 Å². The largest absolute Gasteiger partial charge is 0.493 e. The van der Waals surface area contributed by atoms with Crippen molar-refractivity contribution in [3.63, 3.8) is 0 Å². The van der Waals surface area contributed by atoms with Gasteiger partial charge in [-0.25, -0.2) is 4.79 Å².